The van der Waals surface area contributed by atoms with Crippen molar-refractivity contribution in [2.24, 2.45) is 4.99 Å². The highest BCUT2D eigenvalue weighted by atomic mass is 127. The van der Waals surface area contributed by atoms with Gasteiger partial charge in [0, 0.05) is 24.7 Å². The van der Waals surface area contributed by atoms with Crippen LogP contribution in [0.5, 0.6) is 23.0 Å². The van der Waals surface area contributed by atoms with Crippen LogP contribution < -0.4 is 29.6 Å². The number of nitrogens with zero attached hydrogens (tertiary/aromatic N) is 1. The molecule has 0 spiro atoms. The number of nitrogens with one attached hydrogen (secondary N) is 2. The number of aliphatic imine (C=N–C) groups is 1. The Hall–Kier alpha value is -2.50. The molecule has 0 bridgehead atoms. The molecule has 0 saturated carbocycles. The smallest absolute Gasteiger partial charge is 0.387 e. The standard InChI is InChI=1S/C20H23F2N3O4.HI/c1-3-23-20(24-10-13-4-6-15(26-2)7-5-13)25-11-14-8-17-18(28-12-27-17)9-16(14)29-19(21)22;/h4-9,19H,3,10-12H2,1-2H3,(H2,23,24,25);1H. The normalized spacial score (nSPS) is 12.4. The minimum Gasteiger partial charge on any atom is -0.497 e. The lowest BCUT2D eigenvalue weighted by Gasteiger charge is -2.15. The van der Waals surface area contributed by atoms with E-state index in [1.54, 1.807) is 13.2 Å². The van der Waals surface area contributed by atoms with Crippen molar-refractivity contribution in [1.82, 2.24) is 10.6 Å². The zero-order valence-corrected chi connectivity index (χ0v) is 18.9. The number of fused-ring (bicyclic) bond motifs is 1. The van der Waals surface area contributed by atoms with Crippen LogP contribution in [0, 0.1) is 0 Å². The molecule has 1 aliphatic heterocycles. The van der Waals surface area contributed by atoms with Gasteiger partial charge in [0.25, 0.3) is 0 Å². The maximum atomic E-state index is 12.8. The van der Waals surface area contributed by atoms with Gasteiger partial charge in [-0.05, 0) is 30.7 Å². The summed E-state index contributed by atoms with van der Waals surface area (Å²) in [5.74, 6) is 2.22. The second-order valence-electron chi connectivity index (χ2n) is 6.09. The van der Waals surface area contributed by atoms with Gasteiger partial charge in [0.05, 0.1) is 13.7 Å². The third-order valence-electron chi connectivity index (χ3n) is 4.14. The Labute approximate surface area is 190 Å². The SMILES string of the molecule is CCNC(=NCc1ccc(OC)cc1)NCc1cc2c(cc1OC(F)F)OCO2.I. The van der Waals surface area contributed by atoms with Crippen LogP contribution in [0.25, 0.3) is 0 Å². The number of halogens is 3. The van der Waals surface area contributed by atoms with Gasteiger partial charge in [-0.15, -0.1) is 24.0 Å². The average Bonchev–Trinajstić information content (AvgIpc) is 3.17. The van der Waals surface area contributed by atoms with Gasteiger partial charge in [0.2, 0.25) is 6.79 Å². The average molecular weight is 535 g/mol. The quantitative estimate of drug-likeness (QED) is 0.304. The molecule has 0 atom stereocenters. The first-order valence-electron chi connectivity index (χ1n) is 9.11. The number of ether oxygens (including phenoxy) is 4. The molecule has 30 heavy (non-hydrogen) atoms. The first-order valence-corrected chi connectivity index (χ1v) is 9.11. The number of hydrogen-bond donors (Lipinski definition) is 2. The fourth-order valence-corrected chi connectivity index (χ4v) is 2.73. The summed E-state index contributed by atoms with van der Waals surface area (Å²) in [5.41, 5.74) is 1.51. The number of rotatable bonds is 8. The van der Waals surface area contributed by atoms with E-state index in [-0.39, 0.29) is 43.1 Å². The maximum absolute atomic E-state index is 12.8. The molecule has 1 heterocycles. The molecular formula is C20H24F2IN3O4. The highest BCUT2D eigenvalue weighted by Gasteiger charge is 2.20. The van der Waals surface area contributed by atoms with E-state index in [1.807, 2.05) is 31.2 Å². The maximum Gasteiger partial charge on any atom is 0.387 e. The molecule has 164 valence electrons. The molecule has 0 aromatic heterocycles. The van der Waals surface area contributed by atoms with E-state index in [4.69, 9.17) is 14.2 Å². The van der Waals surface area contributed by atoms with E-state index in [0.29, 0.717) is 36.1 Å². The van der Waals surface area contributed by atoms with Gasteiger partial charge in [0.15, 0.2) is 17.5 Å². The molecule has 0 aliphatic carbocycles. The van der Waals surface area contributed by atoms with E-state index >= 15 is 0 Å². The van der Waals surface area contributed by atoms with Crippen LogP contribution in [0.2, 0.25) is 0 Å². The van der Waals surface area contributed by atoms with Crippen molar-refractivity contribution >= 4 is 29.9 Å². The van der Waals surface area contributed by atoms with Crippen LogP contribution in [-0.4, -0.2) is 33.0 Å². The van der Waals surface area contributed by atoms with Crippen molar-refractivity contribution in [3.63, 3.8) is 0 Å². The summed E-state index contributed by atoms with van der Waals surface area (Å²) in [6.07, 6.45) is 0. The summed E-state index contributed by atoms with van der Waals surface area (Å²) in [6, 6.07) is 10.6. The molecule has 0 unspecified atom stereocenters. The number of hydrogen-bond acceptors (Lipinski definition) is 5. The monoisotopic (exact) mass is 535 g/mol. The fraction of sp³-hybridized carbons (Fsp3) is 0.350. The van der Waals surface area contributed by atoms with E-state index in [2.05, 4.69) is 20.4 Å². The highest BCUT2D eigenvalue weighted by molar-refractivity contribution is 14.0. The summed E-state index contributed by atoms with van der Waals surface area (Å²) in [6.45, 7) is 0.360. The molecule has 0 radical (unpaired) electrons. The molecule has 0 saturated heterocycles. The second kappa shape index (κ2) is 11.6. The molecule has 0 amide bonds. The molecule has 2 N–H and O–H groups in total. The zero-order valence-electron chi connectivity index (χ0n) is 16.6. The summed E-state index contributed by atoms with van der Waals surface area (Å²) in [7, 11) is 1.61. The molecule has 2 aromatic rings. The predicted molar refractivity (Wildman–Crippen MR) is 119 cm³/mol. The first kappa shape index (κ1) is 23.8. The molecular weight excluding hydrogens is 511 g/mol. The minimum absolute atomic E-state index is 0. The van der Waals surface area contributed by atoms with Crippen molar-refractivity contribution in [3.05, 3.63) is 47.5 Å². The third kappa shape index (κ3) is 6.51. The third-order valence-corrected chi connectivity index (χ3v) is 4.14. The van der Waals surface area contributed by atoms with Crippen LogP contribution >= 0.6 is 24.0 Å². The summed E-state index contributed by atoms with van der Waals surface area (Å²) < 4.78 is 45.9. The second-order valence-corrected chi connectivity index (χ2v) is 6.09. The lowest BCUT2D eigenvalue weighted by Crippen LogP contribution is -2.36. The predicted octanol–water partition coefficient (Wildman–Crippen LogP) is 3.90. The van der Waals surface area contributed by atoms with Crippen LogP contribution in [0.4, 0.5) is 8.78 Å². The first-order chi connectivity index (χ1) is 14.1. The van der Waals surface area contributed by atoms with Crippen molar-refractivity contribution in [3.8, 4) is 23.0 Å². The highest BCUT2D eigenvalue weighted by Crippen LogP contribution is 2.38. The summed E-state index contributed by atoms with van der Waals surface area (Å²) in [5, 5.41) is 6.26. The van der Waals surface area contributed by atoms with Gasteiger partial charge in [-0.3, -0.25) is 0 Å². The largest absolute Gasteiger partial charge is 0.497 e. The minimum atomic E-state index is -2.94. The fourth-order valence-electron chi connectivity index (χ4n) is 2.73. The van der Waals surface area contributed by atoms with Gasteiger partial charge in [-0.2, -0.15) is 8.78 Å². The molecule has 1 aliphatic rings. The van der Waals surface area contributed by atoms with E-state index in [0.717, 1.165) is 11.3 Å². The topological polar surface area (TPSA) is 73.3 Å². The summed E-state index contributed by atoms with van der Waals surface area (Å²) >= 11 is 0. The van der Waals surface area contributed by atoms with Gasteiger partial charge in [-0.25, -0.2) is 4.99 Å². The molecule has 2 aromatic carbocycles. The van der Waals surface area contributed by atoms with Crippen LogP contribution in [0.3, 0.4) is 0 Å². The molecule has 0 fully saturated rings. The van der Waals surface area contributed by atoms with Crippen LogP contribution in [0.1, 0.15) is 18.1 Å². The van der Waals surface area contributed by atoms with Crippen molar-refractivity contribution in [1.29, 1.82) is 0 Å². The van der Waals surface area contributed by atoms with Gasteiger partial charge < -0.3 is 29.6 Å². The van der Waals surface area contributed by atoms with E-state index in [1.165, 1.54) is 6.07 Å². The zero-order chi connectivity index (χ0) is 20.6. The number of alkyl halides is 2. The van der Waals surface area contributed by atoms with E-state index < -0.39 is 6.61 Å². The number of benzene rings is 2. The van der Waals surface area contributed by atoms with E-state index in [9.17, 15) is 8.78 Å². The molecule has 3 rings (SSSR count). The van der Waals surface area contributed by atoms with Crippen LogP contribution in [-0.2, 0) is 13.1 Å². The Balaban J connectivity index is 0.00000320. The number of methoxy groups -OCH3 is 1. The Bertz CT molecular complexity index is 851. The van der Waals surface area contributed by atoms with Gasteiger partial charge >= 0.3 is 6.61 Å². The molecule has 10 heteroatoms. The lowest BCUT2D eigenvalue weighted by atomic mass is 10.1. The summed E-state index contributed by atoms with van der Waals surface area (Å²) in [4.78, 5) is 4.53. The number of guanidine groups is 1. The van der Waals surface area contributed by atoms with Gasteiger partial charge in [-0.1, -0.05) is 12.1 Å². The van der Waals surface area contributed by atoms with Crippen molar-refractivity contribution in [2.75, 3.05) is 20.4 Å². The Morgan fingerprint density at radius 1 is 1.13 bits per heavy atom. The van der Waals surface area contributed by atoms with Crippen molar-refractivity contribution in [2.45, 2.75) is 26.6 Å². The Kier molecular flexibility index (Phi) is 9.21. The Morgan fingerprint density at radius 2 is 1.83 bits per heavy atom. The Morgan fingerprint density at radius 3 is 2.47 bits per heavy atom. The van der Waals surface area contributed by atoms with Crippen molar-refractivity contribution < 1.29 is 27.7 Å². The van der Waals surface area contributed by atoms with Gasteiger partial charge in [0.1, 0.15) is 11.5 Å². The van der Waals surface area contributed by atoms with Crippen LogP contribution in [0.15, 0.2) is 41.4 Å². The lowest BCUT2D eigenvalue weighted by molar-refractivity contribution is -0.0505. The molecule has 7 nitrogen and oxygen atoms in total.